The molecule has 28 heavy (non-hydrogen) atoms. The van der Waals surface area contributed by atoms with E-state index in [1.807, 2.05) is 9.47 Å². The van der Waals surface area contributed by atoms with Gasteiger partial charge in [-0.15, -0.1) is 0 Å². The van der Waals surface area contributed by atoms with Crippen LogP contribution in [0, 0.1) is 5.82 Å². The predicted molar refractivity (Wildman–Crippen MR) is 102 cm³/mol. The van der Waals surface area contributed by atoms with E-state index >= 15 is 4.39 Å². The van der Waals surface area contributed by atoms with Crippen molar-refractivity contribution in [2.24, 2.45) is 0 Å². The van der Waals surface area contributed by atoms with Crippen molar-refractivity contribution >= 4 is 22.6 Å². The molecule has 3 heterocycles. The highest BCUT2D eigenvalue weighted by molar-refractivity contribution is 5.93. The van der Waals surface area contributed by atoms with Gasteiger partial charge in [-0.2, -0.15) is 0 Å². The Balaban J connectivity index is 1.62. The van der Waals surface area contributed by atoms with E-state index in [1.165, 1.54) is 12.3 Å². The molecule has 3 aliphatic rings. The second-order valence-corrected chi connectivity index (χ2v) is 8.00. The number of fused-ring (bicyclic) bond motifs is 2. The van der Waals surface area contributed by atoms with E-state index < -0.39 is 17.2 Å². The summed E-state index contributed by atoms with van der Waals surface area (Å²) in [4.78, 5) is 28.3. The summed E-state index contributed by atoms with van der Waals surface area (Å²) in [5.74, 6) is -1.79. The average molecular weight is 387 g/mol. The normalized spacial score (nSPS) is 25.3. The summed E-state index contributed by atoms with van der Waals surface area (Å²) < 4.78 is 22.7. The molecule has 5 rings (SSSR count). The van der Waals surface area contributed by atoms with Gasteiger partial charge in [-0.3, -0.25) is 9.69 Å². The van der Waals surface area contributed by atoms with Crippen LogP contribution in [0.2, 0.25) is 0 Å². The number of carboxylic acid groups (broad SMARTS) is 1. The summed E-state index contributed by atoms with van der Waals surface area (Å²) in [5.41, 5.74) is 0.0885. The highest BCUT2D eigenvalue weighted by atomic mass is 19.1. The number of morpholine rings is 1. The summed E-state index contributed by atoms with van der Waals surface area (Å²) in [6.07, 6.45) is 3.30. The van der Waals surface area contributed by atoms with Crippen molar-refractivity contribution in [3.05, 3.63) is 39.9 Å². The smallest absolute Gasteiger partial charge is 0.341 e. The molecular weight excluding hydrogens is 365 g/mol. The van der Waals surface area contributed by atoms with Gasteiger partial charge < -0.3 is 19.3 Å². The topological polar surface area (TPSA) is 75.0 Å². The van der Waals surface area contributed by atoms with E-state index in [1.54, 1.807) is 6.07 Å². The third kappa shape index (κ3) is 2.70. The minimum absolute atomic E-state index is 0.0360. The van der Waals surface area contributed by atoms with E-state index in [9.17, 15) is 14.7 Å². The van der Waals surface area contributed by atoms with Gasteiger partial charge in [0.1, 0.15) is 11.4 Å². The first-order chi connectivity index (χ1) is 13.4. The molecule has 2 saturated heterocycles. The maximum absolute atomic E-state index is 15.0. The fraction of sp³-hybridized carbons (Fsp3) is 0.500. The first-order valence-corrected chi connectivity index (χ1v) is 9.62. The molecule has 1 N–H and O–H groups in total. The molecule has 2 aromatic rings. The summed E-state index contributed by atoms with van der Waals surface area (Å²) in [7, 11) is 2.05. The van der Waals surface area contributed by atoms with Gasteiger partial charge >= 0.3 is 5.97 Å². The number of rotatable bonds is 3. The lowest BCUT2D eigenvalue weighted by Gasteiger charge is -2.33. The minimum Gasteiger partial charge on any atom is -0.477 e. The highest BCUT2D eigenvalue weighted by Gasteiger charge is 2.39. The first kappa shape index (κ1) is 17.6. The molecule has 7 nitrogen and oxygen atoms in total. The van der Waals surface area contributed by atoms with Crippen LogP contribution in [0.1, 0.15) is 29.2 Å². The van der Waals surface area contributed by atoms with Gasteiger partial charge in [0.15, 0.2) is 0 Å². The molecule has 1 aromatic heterocycles. The van der Waals surface area contributed by atoms with E-state index in [2.05, 4.69) is 11.9 Å². The number of hydrogen-bond acceptors (Lipinski definition) is 5. The van der Waals surface area contributed by atoms with Crippen molar-refractivity contribution in [3.8, 4) is 0 Å². The Kier molecular flexibility index (Phi) is 3.96. The number of ether oxygens (including phenoxy) is 1. The molecule has 2 unspecified atom stereocenters. The number of carbonyl (C=O) groups is 1. The van der Waals surface area contributed by atoms with E-state index in [-0.39, 0.29) is 29.1 Å². The number of halogens is 1. The van der Waals surface area contributed by atoms with Crippen molar-refractivity contribution in [1.82, 2.24) is 9.47 Å². The van der Waals surface area contributed by atoms with Crippen LogP contribution in [-0.4, -0.2) is 66.0 Å². The largest absolute Gasteiger partial charge is 0.477 e. The van der Waals surface area contributed by atoms with Crippen molar-refractivity contribution in [1.29, 1.82) is 0 Å². The van der Waals surface area contributed by atoms with Gasteiger partial charge in [-0.05, 0) is 32.0 Å². The zero-order valence-electron chi connectivity index (χ0n) is 15.6. The Morgan fingerprint density at radius 1 is 1.29 bits per heavy atom. The lowest BCUT2D eigenvalue weighted by molar-refractivity contribution is -0.0362. The number of anilines is 1. The van der Waals surface area contributed by atoms with Crippen LogP contribution in [-0.2, 0) is 4.74 Å². The van der Waals surface area contributed by atoms with Crippen molar-refractivity contribution < 1.29 is 19.0 Å². The van der Waals surface area contributed by atoms with Crippen molar-refractivity contribution in [2.75, 3.05) is 38.2 Å². The zero-order valence-corrected chi connectivity index (χ0v) is 15.6. The molecule has 8 heteroatoms. The second kappa shape index (κ2) is 6.28. The van der Waals surface area contributed by atoms with Crippen LogP contribution in [0.5, 0.6) is 0 Å². The molecule has 0 spiro atoms. The van der Waals surface area contributed by atoms with E-state index in [0.29, 0.717) is 30.9 Å². The van der Waals surface area contributed by atoms with Gasteiger partial charge in [0.05, 0.1) is 30.0 Å². The van der Waals surface area contributed by atoms with Gasteiger partial charge in [-0.25, -0.2) is 9.18 Å². The van der Waals surface area contributed by atoms with Gasteiger partial charge in [-0.1, -0.05) is 0 Å². The van der Waals surface area contributed by atoms with Gasteiger partial charge in [0.2, 0.25) is 5.43 Å². The Labute approximate surface area is 160 Å². The number of likely N-dealkylation sites (N-methyl/N-ethyl adjacent to an activating group) is 1. The number of carboxylic acids is 1. The quantitative estimate of drug-likeness (QED) is 0.864. The Morgan fingerprint density at radius 3 is 2.75 bits per heavy atom. The van der Waals surface area contributed by atoms with Crippen LogP contribution in [0.25, 0.3) is 10.9 Å². The number of nitrogens with zero attached hydrogens (tertiary/aromatic N) is 3. The number of benzene rings is 1. The van der Waals surface area contributed by atoms with Gasteiger partial charge in [0, 0.05) is 37.3 Å². The molecule has 0 amide bonds. The van der Waals surface area contributed by atoms with Crippen molar-refractivity contribution in [2.45, 2.75) is 31.0 Å². The molecule has 0 bridgehead atoms. The van der Waals surface area contributed by atoms with Crippen LogP contribution >= 0.6 is 0 Å². The zero-order chi connectivity index (χ0) is 19.6. The summed E-state index contributed by atoms with van der Waals surface area (Å²) in [6, 6.07) is 3.28. The van der Waals surface area contributed by atoms with Crippen LogP contribution < -0.4 is 10.3 Å². The molecule has 1 saturated carbocycles. The van der Waals surface area contributed by atoms with Crippen LogP contribution in [0.3, 0.4) is 0 Å². The number of aromatic nitrogens is 1. The number of hydrogen-bond donors (Lipinski definition) is 1. The highest BCUT2D eigenvalue weighted by Crippen LogP contribution is 2.38. The number of pyridine rings is 1. The molecule has 1 aliphatic carbocycles. The summed E-state index contributed by atoms with van der Waals surface area (Å²) in [5, 5.41) is 9.48. The van der Waals surface area contributed by atoms with Gasteiger partial charge in [0.25, 0.3) is 0 Å². The summed E-state index contributed by atoms with van der Waals surface area (Å²) in [6.45, 7) is 2.78. The molecule has 1 aromatic carbocycles. The standard InChI is InChI=1S/C20H22FN3O4/c1-22-4-5-28-18-10-23(9-17(18)22)16-7-15-12(6-14(16)21)19(25)13(20(26)27)8-24(15)11-2-3-11/h6-8,11,17-18H,2-5,9-10H2,1H3,(H,26,27). The monoisotopic (exact) mass is 387 g/mol. The maximum atomic E-state index is 15.0. The third-order valence-corrected chi connectivity index (χ3v) is 6.19. The summed E-state index contributed by atoms with van der Waals surface area (Å²) >= 11 is 0. The molecule has 3 fully saturated rings. The maximum Gasteiger partial charge on any atom is 0.341 e. The number of aromatic carboxylic acids is 1. The van der Waals surface area contributed by atoms with E-state index in [0.717, 1.165) is 19.4 Å². The molecule has 148 valence electrons. The Morgan fingerprint density at radius 2 is 2.07 bits per heavy atom. The Hall–Kier alpha value is -2.45. The first-order valence-electron chi connectivity index (χ1n) is 9.62. The van der Waals surface area contributed by atoms with E-state index in [4.69, 9.17) is 4.74 Å². The second-order valence-electron chi connectivity index (χ2n) is 8.00. The lowest BCUT2D eigenvalue weighted by atomic mass is 10.1. The lowest BCUT2D eigenvalue weighted by Crippen LogP contribution is -2.48. The van der Waals surface area contributed by atoms with Crippen LogP contribution in [0.15, 0.2) is 23.1 Å². The fourth-order valence-corrected chi connectivity index (χ4v) is 4.46. The van der Waals surface area contributed by atoms with Crippen molar-refractivity contribution in [3.63, 3.8) is 0 Å². The third-order valence-electron chi connectivity index (χ3n) is 6.19. The van der Waals surface area contributed by atoms with Crippen LogP contribution in [0.4, 0.5) is 10.1 Å². The SMILES string of the molecule is CN1CCOC2CN(c3cc4c(cc3F)c(=O)c(C(=O)O)cn4C3CC3)CC21. The Bertz CT molecular complexity index is 1030. The minimum atomic E-state index is -1.28. The molecular formula is C20H22FN3O4. The average Bonchev–Trinajstić information content (AvgIpc) is 3.40. The predicted octanol–water partition coefficient (Wildman–Crippen LogP) is 1.69. The molecule has 2 atom stereocenters. The molecule has 0 radical (unpaired) electrons. The molecule has 2 aliphatic heterocycles. The fourth-order valence-electron chi connectivity index (χ4n) is 4.46.